The zero-order valence-electron chi connectivity index (χ0n) is 13.7. The monoisotopic (exact) mass is 341 g/mol. The molecule has 0 aliphatic carbocycles. The maximum Gasteiger partial charge on any atom is 0.240 e. The van der Waals surface area contributed by atoms with Crippen LogP contribution in [0.1, 0.15) is 17.5 Å². The third-order valence-corrected chi connectivity index (χ3v) is 5.11. The molecule has 1 atom stereocenters. The molecule has 24 heavy (non-hydrogen) atoms. The van der Waals surface area contributed by atoms with Crippen LogP contribution >= 0.6 is 11.8 Å². The van der Waals surface area contributed by atoms with E-state index in [-0.39, 0.29) is 18.2 Å². The molecule has 1 aromatic carbocycles. The molecule has 0 saturated carbocycles. The fourth-order valence-corrected chi connectivity index (χ4v) is 3.85. The van der Waals surface area contributed by atoms with E-state index in [9.17, 15) is 9.59 Å². The van der Waals surface area contributed by atoms with E-state index in [2.05, 4.69) is 10.3 Å². The normalized spacial score (nSPS) is 16.7. The molecule has 3 rings (SSSR count). The molecule has 6 heteroatoms. The lowest BCUT2D eigenvalue weighted by molar-refractivity contribution is -0.124. The summed E-state index contributed by atoms with van der Waals surface area (Å²) in [4.78, 5) is 30.5. The first-order valence-electron chi connectivity index (χ1n) is 7.76. The number of rotatable bonds is 4. The molecule has 1 aromatic heterocycles. The number of aromatic nitrogens is 1. The second kappa shape index (κ2) is 7.05. The largest absolute Gasteiger partial charge is 0.352 e. The number of thioether (sulfide) groups is 1. The number of hydrogen-bond donors (Lipinski definition) is 1. The Balaban J connectivity index is 1.61. The van der Waals surface area contributed by atoms with Crippen molar-refractivity contribution in [2.45, 2.75) is 30.2 Å². The van der Waals surface area contributed by atoms with Gasteiger partial charge in [-0.15, -0.1) is 0 Å². The van der Waals surface area contributed by atoms with E-state index in [0.29, 0.717) is 6.54 Å². The number of pyridine rings is 1. The topological polar surface area (TPSA) is 62.3 Å². The van der Waals surface area contributed by atoms with Crippen molar-refractivity contribution in [2.24, 2.45) is 0 Å². The molecule has 0 fully saturated rings. The Morgan fingerprint density at radius 2 is 2.17 bits per heavy atom. The molecular weight excluding hydrogens is 322 g/mol. The van der Waals surface area contributed by atoms with Gasteiger partial charge in [-0.1, -0.05) is 41.6 Å². The molecule has 124 valence electrons. The second-order valence-electron chi connectivity index (χ2n) is 5.80. The quantitative estimate of drug-likeness (QED) is 0.928. The number of hydrogen-bond acceptors (Lipinski definition) is 4. The van der Waals surface area contributed by atoms with Crippen LogP contribution in [0.15, 0.2) is 47.6 Å². The minimum absolute atomic E-state index is 0.0637. The van der Waals surface area contributed by atoms with Crippen molar-refractivity contribution in [3.8, 4) is 0 Å². The standard InChI is InChI=1S/C18H19N3O2S/c1-12-5-3-6-13(9-12)11-20-16(22)10-15-18(23)21(2)14-7-4-8-19-17(14)24-15/h3-9,15H,10-11H2,1-2H3,(H,20,22). The number of benzene rings is 1. The number of nitrogens with zero attached hydrogens (tertiary/aromatic N) is 2. The van der Waals surface area contributed by atoms with Gasteiger partial charge in [0.15, 0.2) is 0 Å². The zero-order chi connectivity index (χ0) is 17.1. The second-order valence-corrected chi connectivity index (χ2v) is 6.99. The highest BCUT2D eigenvalue weighted by molar-refractivity contribution is 8.00. The van der Waals surface area contributed by atoms with E-state index in [1.165, 1.54) is 11.8 Å². The van der Waals surface area contributed by atoms with Gasteiger partial charge < -0.3 is 10.2 Å². The maximum absolute atomic E-state index is 12.4. The molecule has 0 spiro atoms. The van der Waals surface area contributed by atoms with Gasteiger partial charge in [-0.2, -0.15) is 0 Å². The lowest BCUT2D eigenvalue weighted by Gasteiger charge is -2.29. The highest BCUT2D eigenvalue weighted by atomic mass is 32.2. The zero-order valence-corrected chi connectivity index (χ0v) is 14.5. The average molecular weight is 341 g/mol. The van der Waals surface area contributed by atoms with Crippen LogP contribution in [0.3, 0.4) is 0 Å². The van der Waals surface area contributed by atoms with Crippen molar-refractivity contribution < 1.29 is 9.59 Å². The van der Waals surface area contributed by atoms with Gasteiger partial charge in [0.25, 0.3) is 0 Å². The lowest BCUT2D eigenvalue weighted by Crippen LogP contribution is -2.41. The minimum atomic E-state index is -0.435. The summed E-state index contributed by atoms with van der Waals surface area (Å²) in [5, 5.41) is 3.24. The number of anilines is 1. The molecule has 2 aromatic rings. The van der Waals surface area contributed by atoms with Gasteiger partial charge in [-0.3, -0.25) is 9.59 Å². The Morgan fingerprint density at radius 1 is 1.33 bits per heavy atom. The Kier molecular flexibility index (Phi) is 4.85. The van der Waals surface area contributed by atoms with Crippen molar-refractivity contribution >= 4 is 29.3 Å². The Bertz CT molecular complexity index is 778. The molecule has 2 amide bonds. The van der Waals surface area contributed by atoms with Gasteiger partial charge in [0.1, 0.15) is 5.03 Å². The summed E-state index contributed by atoms with van der Waals surface area (Å²) in [7, 11) is 1.72. The third kappa shape index (κ3) is 3.59. The number of nitrogens with one attached hydrogen (secondary N) is 1. The van der Waals surface area contributed by atoms with Crippen LogP contribution in [-0.4, -0.2) is 29.1 Å². The van der Waals surface area contributed by atoms with Gasteiger partial charge >= 0.3 is 0 Å². The van der Waals surface area contributed by atoms with Crippen molar-refractivity contribution in [1.29, 1.82) is 0 Å². The average Bonchev–Trinajstić information content (AvgIpc) is 2.58. The number of aryl methyl sites for hydroxylation is 1. The fraction of sp³-hybridized carbons (Fsp3) is 0.278. The summed E-state index contributed by atoms with van der Waals surface area (Å²) in [6, 6.07) is 11.7. The van der Waals surface area contributed by atoms with E-state index in [0.717, 1.165) is 21.8 Å². The van der Waals surface area contributed by atoms with Crippen LogP contribution < -0.4 is 10.2 Å². The summed E-state index contributed by atoms with van der Waals surface area (Å²) in [6.07, 6.45) is 1.85. The van der Waals surface area contributed by atoms with Gasteiger partial charge in [-0.25, -0.2) is 4.98 Å². The molecule has 0 saturated heterocycles. The molecule has 1 N–H and O–H groups in total. The predicted octanol–water partition coefficient (Wildman–Crippen LogP) is 2.53. The smallest absolute Gasteiger partial charge is 0.240 e. The number of carbonyl (C=O) groups is 2. The number of amides is 2. The van der Waals surface area contributed by atoms with Gasteiger partial charge in [0.2, 0.25) is 11.8 Å². The van der Waals surface area contributed by atoms with Gasteiger partial charge in [-0.05, 0) is 24.6 Å². The highest BCUT2D eigenvalue weighted by Crippen LogP contribution is 2.37. The minimum Gasteiger partial charge on any atom is -0.352 e. The summed E-state index contributed by atoms with van der Waals surface area (Å²) in [6.45, 7) is 2.49. The molecule has 1 aliphatic rings. The van der Waals surface area contributed by atoms with Crippen molar-refractivity contribution in [2.75, 3.05) is 11.9 Å². The number of fused-ring (bicyclic) bond motifs is 1. The molecule has 0 radical (unpaired) electrons. The molecule has 5 nitrogen and oxygen atoms in total. The SMILES string of the molecule is Cc1cccc(CNC(=O)CC2Sc3ncccc3N(C)C2=O)c1. The molecule has 2 heterocycles. The predicted molar refractivity (Wildman–Crippen MR) is 94.9 cm³/mol. The van der Waals surface area contributed by atoms with E-state index in [1.54, 1.807) is 24.2 Å². The first-order chi connectivity index (χ1) is 11.5. The highest BCUT2D eigenvalue weighted by Gasteiger charge is 2.33. The van der Waals surface area contributed by atoms with Gasteiger partial charge in [0.05, 0.1) is 10.9 Å². The van der Waals surface area contributed by atoms with Crippen molar-refractivity contribution in [1.82, 2.24) is 10.3 Å². The molecular formula is C18H19N3O2S. The fourth-order valence-electron chi connectivity index (χ4n) is 2.64. The Labute approximate surface area is 145 Å². The molecule has 1 unspecified atom stereocenters. The first-order valence-corrected chi connectivity index (χ1v) is 8.64. The number of carbonyl (C=O) groups excluding carboxylic acids is 2. The first kappa shape index (κ1) is 16.5. The van der Waals surface area contributed by atoms with Crippen molar-refractivity contribution in [3.63, 3.8) is 0 Å². The summed E-state index contributed by atoms with van der Waals surface area (Å²) in [5.41, 5.74) is 3.00. The van der Waals surface area contributed by atoms with E-state index in [4.69, 9.17) is 0 Å². The Hall–Kier alpha value is -2.34. The van der Waals surface area contributed by atoms with Crippen molar-refractivity contribution in [3.05, 3.63) is 53.7 Å². The third-order valence-electron chi connectivity index (χ3n) is 3.92. The summed E-state index contributed by atoms with van der Waals surface area (Å²) >= 11 is 1.36. The summed E-state index contributed by atoms with van der Waals surface area (Å²) < 4.78 is 0. The Morgan fingerprint density at radius 3 is 2.96 bits per heavy atom. The van der Waals surface area contributed by atoms with Crippen LogP contribution in [0, 0.1) is 6.92 Å². The van der Waals surface area contributed by atoms with E-state index >= 15 is 0 Å². The molecule has 1 aliphatic heterocycles. The van der Waals surface area contributed by atoms with Crippen LogP contribution in [-0.2, 0) is 16.1 Å². The van der Waals surface area contributed by atoms with Crippen LogP contribution in [0.25, 0.3) is 0 Å². The van der Waals surface area contributed by atoms with Crippen LogP contribution in [0.4, 0.5) is 5.69 Å². The van der Waals surface area contributed by atoms with E-state index < -0.39 is 5.25 Å². The lowest BCUT2D eigenvalue weighted by atomic mass is 10.1. The maximum atomic E-state index is 12.4. The van der Waals surface area contributed by atoms with Crippen LogP contribution in [0.5, 0.6) is 0 Å². The van der Waals surface area contributed by atoms with Gasteiger partial charge in [0, 0.05) is 26.2 Å². The summed E-state index contributed by atoms with van der Waals surface area (Å²) in [5.74, 6) is -0.193. The molecule has 0 bridgehead atoms. The van der Waals surface area contributed by atoms with Crippen LogP contribution in [0.2, 0.25) is 0 Å². The van der Waals surface area contributed by atoms with E-state index in [1.807, 2.05) is 37.3 Å².